The van der Waals surface area contributed by atoms with E-state index in [0.29, 0.717) is 5.75 Å². The molecule has 2 aromatic rings. The zero-order valence-electron chi connectivity index (χ0n) is 9.91. The van der Waals surface area contributed by atoms with Crippen LogP contribution in [0.5, 0.6) is 0 Å². The number of rotatable bonds is 5. The summed E-state index contributed by atoms with van der Waals surface area (Å²) in [5, 5.41) is 0. The first-order valence-electron chi connectivity index (χ1n) is 5.60. The molecule has 0 spiro atoms. The molecule has 3 heteroatoms. The van der Waals surface area contributed by atoms with Crippen LogP contribution in [-0.4, -0.2) is 24.9 Å². The van der Waals surface area contributed by atoms with Crippen LogP contribution < -0.4 is 4.46 Å². The van der Waals surface area contributed by atoms with Crippen molar-refractivity contribution in [3.8, 4) is 0 Å². The van der Waals surface area contributed by atoms with Gasteiger partial charge in [-0.1, -0.05) is 0 Å². The third-order valence-corrected chi connectivity index (χ3v) is 6.10. The molecule has 0 radical (unpaired) electrons. The minimum atomic E-state index is -0.971. The Hall–Kier alpha value is -1.15. The average molecular weight is 321 g/mol. The second-order valence-electron chi connectivity index (χ2n) is 3.76. The zero-order chi connectivity index (χ0) is 12.8. The predicted molar refractivity (Wildman–Crippen MR) is 78.7 cm³/mol. The van der Waals surface area contributed by atoms with Gasteiger partial charge in [0.2, 0.25) is 0 Å². The van der Waals surface area contributed by atoms with Crippen LogP contribution in [-0.2, 0) is 10.8 Å². The van der Waals surface area contributed by atoms with Gasteiger partial charge in [0.1, 0.15) is 0 Å². The third-order valence-electron chi connectivity index (χ3n) is 2.30. The molecule has 18 heavy (non-hydrogen) atoms. The standard InChI is InChI=1S/C15H14OSSe/c1-13(18-15-10-6-3-7-11-15)12-17(16)14-8-4-2-5-9-14/h2-11H,1,12H2. The van der Waals surface area contributed by atoms with E-state index in [1.54, 1.807) is 0 Å². The fourth-order valence-electron chi connectivity index (χ4n) is 1.49. The molecule has 1 atom stereocenters. The van der Waals surface area contributed by atoms with Crippen molar-refractivity contribution in [2.75, 3.05) is 5.75 Å². The van der Waals surface area contributed by atoms with Crippen LogP contribution in [0, 0.1) is 0 Å². The van der Waals surface area contributed by atoms with Crippen molar-refractivity contribution >= 4 is 30.2 Å². The van der Waals surface area contributed by atoms with Crippen LogP contribution in [0.2, 0.25) is 0 Å². The summed E-state index contributed by atoms with van der Waals surface area (Å²) < 4.78 is 14.4. The molecule has 2 rings (SSSR count). The van der Waals surface area contributed by atoms with E-state index in [0.717, 1.165) is 9.37 Å². The molecule has 0 aromatic heterocycles. The molecule has 0 aliphatic carbocycles. The third kappa shape index (κ3) is 3.95. The van der Waals surface area contributed by atoms with Gasteiger partial charge in [-0.3, -0.25) is 0 Å². The quantitative estimate of drug-likeness (QED) is 0.773. The zero-order valence-corrected chi connectivity index (χ0v) is 12.4. The monoisotopic (exact) mass is 322 g/mol. The molecule has 0 bridgehead atoms. The van der Waals surface area contributed by atoms with Crippen molar-refractivity contribution in [2.45, 2.75) is 4.90 Å². The van der Waals surface area contributed by atoms with E-state index in [9.17, 15) is 4.21 Å². The summed E-state index contributed by atoms with van der Waals surface area (Å²) in [5.74, 6) is 0.554. The van der Waals surface area contributed by atoms with Crippen LogP contribution in [0.4, 0.5) is 0 Å². The Bertz CT molecular complexity index is 537. The van der Waals surface area contributed by atoms with E-state index in [1.807, 2.05) is 48.5 Å². The van der Waals surface area contributed by atoms with Gasteiger partial charge in [-0.15, -0.1) is 0 Å². The van der Waals surface area contributed by atoms with Crippen LogP contribution in [0.15, 0.2) is 76.6 Å². The molecule has 2 aromatic carbocycles. The summed E-state index contributed by atoms with van der Waals surface area (Å²) in [5.41, 5.74) is 0. The van der Waals surface area contributed by atoms with Crippen molar-refractivity contribution in [3.63, 3.8) is 0 Å². The topological polar surface area (TPSA) is 17.1 Å². The maximum atomic E-state index is 12.1. The molecule has 0 amide bonds. The predicted octanol–water partition coefficient (Wildman–Crippen LogP) is 2.34. The molecule has 0 aliphatic rings. The number of benzene rings is 2. The Morgan fingerprint density at radius 3 is 2.17 bits per heavy atom. The Morgan fingerprint density at radius 2 is 1.56 bits per heavy atom. The van der Waals surface area contributed by atoms with E-state index in [1.165, 1.54) is 4.46 Å². The minimum absolute atomic E-state index is 0.200. The maximum absolute atomic E-state index is 12.1. The molecule has 1 unspecified atom stereocenters. The van der Waals surface area contributed by atoms with Gasteiger partial charge in [0, 0.05) is 0 Å². The van der Waals surface area contributed by atoms with Gasteiger partial charge in [-0.25, -0.2) is 0 Å². The van der Waals surface area contributed by atoms with E-state index >= 15 is 0 Å². The first kappa shape index (κ1) is 13.3. The summed E-state index contributed by atoms with van der Waals surface area (Å²) in [6, 6.07) is 19.8. The Kier molecular flexibility index (Phi) is 4.94. The molecule has 0 heterocycles. The summed E-state index contributed by atoms with van der Waals surface area (Å²) >= 11 is 0.200. The summed E-state index contributed by atoms with van der Waals surface area (Å²) in [6.45, 7) is 4.05. The van der Waals surface area contributed by atoms with Gasteiger partial charge < -0.3 is 0 Å². The molecule has 0 saturated carbocycles. The normalized spacial score (nSPS) is 12.0. The number of hydrogen-bond acceptors (Lipinski definition) is 1. The van der Waals surface area contributed by atoms with Gasteiger partial charge >= 0.3 is 117 Å². The van der Waals surface area contributed by atoms with Crippen molar-refractivity contribution < 1.29 is 4.21 Å². The van der Waals surface area contributed by atoms with Crippen LogP contribution in [0.3, 0.4) is 0 Å². The summed E-state index contributed by atoms with van der Waals surface area (Å²) in [6.07, 6.45) is 0. The van der Waals surface area contributed by atoms with Gasteiger partial charge in [-0.2, -0.15) is 0 Å². The Morgan fingerprint density at radius 1 is 1.00 bits per heavy atom. The summed E-state index contributed by atoms with van der Waals surface area (Å²) in [4.78, 5) is 0.877. The molecule has 0 saturated heterocycles. The van der Waals surface area contributed by atoms with Gasteiger partial charge in [-0.05, 0) is 0 Å². The van der Waals surface area contributed by atoms with E-state index in [2.05, 4.69) is 18.7 Å². The fraction of sp³-hybridized carbons (Fsp3) is 0.0667. The van der Waals surface area contributed by atoms with Crippen molar-refractivity contribution in [3.05, 3.63) is 71.7 Å². The first-order chi connectivity index (χ1) is 8.75. The van der Waals surface area contributed by atoms with Gasteiger partial charge in [0.05, 0.1) is 0 Å². The van der Waals surface area contributed by atoms with Crippen molar-refractivity contribution in [2.24, 2.45) is 0 Å². The van der Waals surface area contributed by atoms with Crippen LogP contribution in [0.1, 0.15) is 0 Å². The Balaban J connectivity index is 1.94. The van der Waals surface area contributed by atoms with Crippen molar-refractivity contribution in [1.29, 1.82) is 0 Å². The van der Waals surface area contributed by atoms with Gasteiger partial charge in [0.15, 0.2) is 0 Å². The average Bonchev–Trinajstić information content (AvgIpc) is 2.40. The fourth-order valence-corrected chi connectivity index (χ4v) is 4.82. The van der Waals surface area contributed by atoms with E-state index in [4.69, 9.17) is 0 Å². The molecular formula is C15H14OSSe. The molecular weight excluding hydrogens is 307 g/mol. The van der Waals surface area contributed by atoms with Gasteiger partial charge in [0.25, 0.3) is 0 Å². The number of hydrogen-bond donors (Lipinski definition) is 0. The van der Waals surface area contributed by atoms with E-state index in [-0.39, 0.29) is 15.0 Å². The molecule has 0 fully saturated rings. The van der Waals surface area contributed by atoms with Crippen LogP contribution >= 0.6 is 0 Å². The Labute approximate surface area is 117 Å². The SMILES string of the molecule is C=C(CS(=O)c1ccccc1)[Se]c1ccccc1. The summed E-state index contributed by atoms with van der Waals surface area (Å²) in [7, 11) is -0.971. The van der Waals surface area contributed by atoms with E-state index < -0.39 is 10.8 Å². The second-order valence-corrected chi connectivity index (χ2v) is 7.84. The first-order valence-corrected chi connectivity index (χ1v) is 8.63. The molecule has 92 valence electrons. The van der Waals surface area contributed by atoms with Crippen LogP contribution in [0.25, 0.3) is 0 Å². The molecule has 0 aliphatic heterocycles. The van der Waals surface area contributed by atoms with Crippen molar-refractivity contribution in [1.82, 2.24) is 0 Å². The molecule has 1 nitrogen and oxygen atoms in total. The second kappa shape index (κ2) is 6.69. The molecule has 0 N–H and O–H groups in total.